The predicted octanol–water partition coefficient (Wildman–Crippen LogP) is 0.0996. The van der Waals surface area contributed by atoms with Crippen LogP contribution in [0.5, 0.6) is 0 Å². The Kier molecular flexibility index (Phi) is 1.65. The summed E-state index contributed by atoms with van der Waals surface area (Å²) in [5.74, 6) is 1.18. The number of aryl methyl sites for hydroxylation is 1. The second-order valence-electron chi connectivity index (χ2n) is 1.98. The molecule has 0 unspecified atom stereocenters. The highest BCUT2D eigenvalue weighted by Gasteiger charge is 2.12. The molecule has 0 aromatic carbocycles. The van der Waals surface area contributed by atoms with E-state index in [1.54, 1.807) is 0 Å². The summed E-state index contributed by atoms with van der Waals surface area (Å²) >= 11 is 0. The zero-order valence-electron chi connectivity index (χ0n) is 5.90. The summed E-state index contributed by atoms with van der Waals surface area (Å²) in [6.45, 7) is 0. The number of hydrogen-bond acceptors (Lipinski definition) is 2. The Bertz CT molecular complexity index is 333. The number of aromatic carboxylic acids is 1. The molecule has 56 valence electrons. The van der Waals surface area contributed by atoms with E-state index in [1.165, 1.54) is 17.9 Å². The van der Waals surface area contributed by atoms with Gasteiger partial charge in [0.05, 0.1) is 11.8 Å². The van der Waals surface area contributed by atoms with E-state index < -0.39 is 5.97 Å². The highest BCUT2D eigenvalue weighted by atomic mass is 16.4. The molecule has 0 atom stereocenters. The van der Waals surface area contributed by atoms with Crippen LogP contribution in [0.2, 0.25) is 0 Å². The van der Waals surface area contributed by atoms with Crippen molar-refractivity contribution in [2.75, 3.05) is 0 Å². The predicted molar refractivity (Wildman–Crippen MR) is 38.1 cm³/mol. The van der Waals surface area contributed by atoms with Crippen molar-refractivity contribution in [3.05, 3.63) is 17.5 Å². The number of nitrogens with zero attached hydrogens (tertiary/aromatic N) is 2. The van der Waals surface area contributed by atoms with Crippen molar-refractivity contribution in [1.82, 2.24) is 9.78 Å². The number of terminal acetylenes is 1. The van der Waals surface area contributed by atoms with Crippen LogP contribution in [-0.2, 0) is 7.05 Å². The van der Waals surface area contributed by atoms with Gasteiger partial charge in [-0.15, -0.1) is 6.42 Å². The van der Waals surface area contributed by atoms with Gasteiger partial charge in [0.15, 0.2) is 5.69 Å². The van der Waals surface area contributed by atoms with E-state index in [0.717, 1.165) is 0 Å². The molecule has 0 radical (unpaired) electrons. The molecule has 0 spiro atoms. The van der Waals surface area contributed by atoms with E-state index in [0.29, 0.717) is 5.56 Å². The standard InChI is InChI=1S/C7H6N2O2/c1-3-5-4-8-9(2)6(5)7(10)11/h1,4H,2H3,(H,10,11). The maximum atomic E-state index is 10.5. The number of hydrogen-bond donors (Lipinski definition) is 1. The summed E-state index contributed by atoms with van der Waals surface area (Å²) < 4.78 is 1.23. The van der Waals surface area contributed by atoms with Gasteiger partial charge in [0.25, 0.3) is 0 Å². The average Bonchev–Trinajstić information content (AvgIpc) is 2.30. The summed E-state index contributed by atoms with van der Waals surface area (Å²) in [7, 11) is 1.53. The maximum Gasteiger partial charge on any atom is 0.355 e. The molecule has 0 saturated heterocycles. The van der Waals surface area contributed by atoms with E-state index >= 15 is 0 Å². The molecule has 1 rings (SSSR count). The number of carboxylic acid groups (broad SMARTS) is 1. The molecule has 1 N–H and O–H groups in total. The van der Waals surface area contributed by atoms with Crippen molar-refractivity contribution in [1.29, 1.82) is 0 Å². The molecular formula is C7H6N2O2. The summed E-state index contributed by atoms with van der Waals surface area (Å²) in [6, 6.07) is 0. The first-order valence-electron chi connectivity index (χ1n) is 2.88. The summed E-state index contributed by atoms with van der Waals surface area (Å²) in [4.78, 5) is 10.5. The van der Waals surface area contributed by atoms with Crippen LogP contribution < -0.4 is 0 Å². The molecule has 0 amide bonds. The first kappa shape index (κ1) is 7.35. The van der Waals surface area contributed by atoms with Crippen molar-refractivity contribution in [3.8, 4) is 12.3 Å². The molecule has 0 aliphatic heterocycles. The highest BCUT2D eigenvalue weighted by Crippen LogP contribution is 2.04. The lowest BCUT2D eigenvalue weighted by Gasteiger charge is -1.93. The molecule has 0 saturated carbocycles. The molecule has 0 aliphatic carbocycles. The largest absolute Gasteiger partial charge is 0.476 e. The van der Waals surface area contributed by atoms with Gasteiger partial charge in [-0.3, -0.25) is 4.68 Å². The second-order valence-corrected chi connectivity index (χ2v) is 1.98. The van der Waals surface area contributed by atoms with Gasteiger partial charge < -0.3 is 5.11 Å². The van der Waals surface area contributed by atoms with Crippen LogP contribution >= 0.6 is 0 Å². The molecule has 0 fully saturated rings. The lowest BCUT2D eigenvalue weighted by atomic mass is 10.2. The Morgan fingerprint density at radius 2 is 2.55 bits per heavy atom. The van der Waals surface area contributed by atoms with Crippen molar-refractivity contribution < 1.29 is 9.90 Å². The van der Waals surface area contributed by atoms with Gasteiger partial charge in [-0.1, -0.05) is 5.92 Å². The van der Waals surface area contributed by atoms with Crippen molar-refractivity contribution in [2.24, 2.45) is 7.05 Å². The molecule has 4 nitrogen and oxygen atoms in total. The summed E-state index contributed by atoms with van der Waals surface area (Å²) in [5, 5.41) is 12.3. The molecular weight excluding hydrogens is 144 g/mol. The SMILES string of the molecule is C#Cc1cnn(C)c1C(=O)O. The third kappa shape index (κ3) is 1.08. The number of carboxylic acids is 1. The molecule has 1 heterocycles. The van der Waals surface area contributed by atoms with Crippen LogP contribution in [0.4, 0.5) is 0 Å². The molecule has 4 heteroatoms. The molecule has 0 bridgehead atoms. The van der Waals surface area contributed by atoms with Crippen LogP contribution in [-0.4, -0.2) is 20.9 Å². The number of carbonyl (C=O) groups is 1. The Balaban J connectivity index is 3.32. The maximum absolute atomic E-state index is 10.5. The van der Waals surface area contributed by atoms with E-state index in [9.17, 15) is 4.79 Å². The lowest BCUT2D eigenvalue weighted by Crippen LogP contribution is -2.06. The lowest BCUT2D eigenvalue weighted by molar-refractivity contribution is 0.0684. The summed E-state index contributed by atoms with van der Waals surface area (Å²) in [5.41, 5.74) is 0.354. The number of aromatic nitrogens is 2. The van der Waals surface area contributed by atoms with Crippen LogP contribution in [0, 0.1) is 12.3 Å². The van der Waals surface area contributed by atoms with Crippen molar-refractivity contribution in [3.63, 3.8) is 0 Å². The second kappa shape index (κ2) is 2.46. The fourth-order valence-electron chi connectivity index (χ4n) is 0.797. The zero-order valence-corrected chi connectivity index (χ0v) is 5.90. The Labute approximate surface area is 63.5 Å². The van der Waals surface area contributed by atoms with Gasteiger partial charge in [-0.25, -0.2) is 4.79 Å². The van der Waals surface area contributed by atoms with Gasteiger partial charge in [0.2, 0.25) is 0 Å². The van der Waals surface area contributed by atoms with E-state index in [4.69, 9.17) is 11.5 Å². The first-order valence-corrected chi connectivity index (χ1v) is 2.88. The highest BCUT2D eigenvalue weighted by molar-refractivity contribution is 5.88. The average molecular weight is 150 g/mol. The van der Waals surface area contributed by atoms with Crippen molar-refractivity contribution in [2.45, 2.75) is 0 Å². The van der Waals surface area contributed by atoms with Gasteiger partial charge in [0, 0.05) is 7.05 Å². The third-order valence-corrected chi connectivity index (χ3v) is 1.30. The van der Waals surface area contributed by atoms with Gasteiger partial charge in [0.1, 0.15) is 0 Å². The van der Waals surface area contributed by atoms with Crippen LogP contribution in [0.25, 0.3) is 0 Å². The van der Waals surface area contributed by atoms with Crippen LogP contribution in [0.1, 0.15) is 16.1 Å². The minimum Gasteiger partial charge on any atom is -0.476 e. The molecule has 0 aliphatic rings. The monoisotopic (exact) mass is 150 g/mol. The zero-order chi connectivity index (χ0) is 8.43. The smallest absolute Gasteiger partial charge is 0.355 e. The fourth-order valence-corrected chi connectivity index (χ4v) is 0.797. The Morgan fingerprint density at radius 1 is 1.91 bits per heavy atom. The Morgan fingerprint density at radius 3 is 2.91 bits per heavy atom. The van der Waals surface area contributed by atoms with Crippen LogP contribution in [0.3, 0.4) is 0 Å². The van der Waals surface area contributed by atoms with Gasteiger partial charge in [-0.05, 0) is 0 Å². The van der Waals surface area contributed by atoms with Gasteiger partial charge in [-0.2, -0.15) is 5.10 Å². The topological polar surface area (TPSA) is 55.1 Å². The van der Waals surface area contributed by atoms with E-state index in [-0.39, 0.29) is 5.69 Å². The molecule has 1 aromatic rings. The quantitative estimate of drug-likeness (QED) is 0.577. The van der Waals surface area contributed by atoms with Gasteiger partial charge >= 0.3 is 5.97 Å². The minimum absolute atomic E-state index is 0.0486. The number of rotatable bonds is 1. The first-order chi connectivity index (χ1) is 5.16. The summed E-state index contributed by atoms with van der Waals surface area (Å²) in [6.07, 6.45) is 6.39. The van der Waals surface area contributed by atoms with E-state index in [2.05, 4.69) is 11.0 Å². The van der Waals surface area contributed by atoms with Crippen LogP contribution in [0.15, 0.2) is 6.20 Å². The van der Waals surface area contributed by atoms with Crippen molar-refractivity contribution >= 4 is 5.97 Å². The fraction of sp³-hybridized carbons (Fsp3) is 0.143. The van der Waals surface area contributed by atoms with E-state index in [1.807, 2.05) is 0 Å². The third-order valence-electron chi connectivity index (χ3n) is 1.30. The molecule has 11 heavy (non-hydrogen) atoms. The minimum atomic E-state index is -1.06. The molecule has 1 aromatic heterocycles. The Hall–Kier alpha value is -1.76. The normalized spacial score (nSPS) is 9.09.